The molecule has 7 nitrogen and oxygen atoms in total. The molecule has 132 valence electrons. The van der Waals surface area contributed by atoms with Crippen molar-refractivity contribution in [3.63, 3.8) is 0 Å². The Hall–Kier alpha value is -1.35. The molecule has 0 saturated heterocycles. The number of aromatic nitrogens is 4. The highest BCUT2D eigenvalue weighted by molar-refractivity contribution is 14.1. The Morgan fingerprint density at radius 2 is 1.76 bits per heavy atom. The molecule has 1 aromatic carbocycles. The molecule has 0 bridgehead atoms. The number of hydrogen-bond acceptors (Lipinski definition) is 6. The molecule has 3 rings (SSSR count). The molecular formula is C16H18IN4O3P. The lowest BCUT2D eigenvalue weighted by Crippen LogP contribution is -2.22. The van der Waals surface area contributed by atoms with Crippen LogP contribution in [0, 0.1) is 10.5 Å². The van der Waals surface area contributed by atoms with E-state index >= 15 is 0 Å². The molecule has 3 aromatic rings. The normalized spacial score (nSPS) is 12.0. The van der Waals surface area contributed by atoms with Crippen LogP contribution in [-0.4, -0.2) is 33.0 Å². The van der Waals surface area contributed by atoms with Gasteiger partial charge in [0.05, 0.1) is 22.5 Å². The lowest BCUT2D eigenvalue weighted by Gasteiger charge is -2.19. The average Bonchev–Trinajstić information content (AvgIpc) is 2.90. The van der Waals surface area contributed by atoms with E-state index in [-0.39, 0.29) is 18.6 Å². The van der Waals surface area contributed by atoms with Gasteiger partial charge in [-0.2, -0.15) is 5.10 Å². The van der Waals surface area contributed by atoms with Crippen molar-refractivity contribution in [1.82, 2.24) is 19.8 Å². The molecule has 0 radical (unpaired) electrons. The SMILES string of the molecule is CCOP(=O)(OCC)c1nnc2c(I)c(C)nn2c1-c1ccccc1. The Kier molecular flexibility index (Phi) is 5.52. The predicted octanol–water partition coefficient (Wildman–Crippen LogP) is 3.60. The Labute approximate surface area is 159 Å². The molecule has 0 unspecified atom stereocenters. The van der Waals surface area contributed by atoms with Gasteiger partial charge >= 0.3 is 7.60 Å². The summed E-state index contributed by atoms with van der Waals surface area (Å²) in [5.74, 6) is 0. The molecule has 0 aliphatic heterocycles. The summed E-state index contributed by atoms with van der Waals surface area (Å²) in [5, 5.41) is 13.0. The molecule has 0 spiro atoms. The minimum absolute atomic E-state index is 0.175. The Morgan fingerprint density at radius 3 is 2.36 bits per heavy atom. The van der Waals surface area contributed by atoms with Crippen LogP contribution in [0.2, 0.25) is 0 Å². The van der Waals surface area contributed by atoms with Crippen LogP contribution >= 0.6 is 30.2 Å². The Morgan fingerprint density at radius 1 is 1.12 bits per heavy atom. The van der Waals surface area contributed by atoms with E-state index in [1.165, 1.54) is 0 Å². The average molecular weight is 472 g/mol. The van der Waals surface area contributed by atoms with E-state index in [0.29, 0.717) is 11.3 Å². The summed E-state index contributed by atoms with van der Waals surface area (Å²) in [6, 6.07) is 9.54. The molecule has 2 aromatic heterocycles. The van der Waals surface area contributed by atoms with Gasteiger partial charge < -0.3 is 9.05 Å². The van der Waals surface area contributed by atoms with Crippen LogP contribution in [0.5, 0.6) is 0 Å². The van der Waals surface area contributed by atoms with Gasteiger partial charge in [-0.15, -0.1) is 10.2 Å². The molecule has 9 heteroatoms. The second-order valence-corrected chi connectivity index (χ2v) is 8.22. The number of hydrogen-bond donors (Lipinski definition) is 0. The van der Waals surface area contributed by atoms with Gasteiger partial charge in [-0.3, -0.25) is 4.57 Å². The molecule has 0 amide bonds. The van der Waals surface area contributed by atoms with E-state index in [4.69, 9.17) is 9.05 Å². The van der Waals surface area contributed by atoms with Gasteiger partial charge in [-0.05, 0) is 43.4 Å². The van der Waals surface area contributed by atoms with Gasteiger partial charge in [-0.1, -0.05) is 30.3 Å². The number of nitrogens with zero attached hydrogens (tertiary/aromatic N) is 4. The quantitative estimate of drug-likeness (QED) is 0.403. The van der Waals surface area contributed by atoms with Crippen LogP contribution in [0.15, 0.2) is 30.3 Å². The first kappa shape index (κ1) is 18.4. The molecule has 0 atom stereocenters. The molecule has 0 aliphatic carbocycles. The van der Waals surface area contributed by atoms with Crippen molar-refractivity contribution in [1.29, 1.82) is 0 Å². The summed E-state index contributed by atoms with van der Waals surface area (Å²) >= 11 is 2.18. The van der Waals surface area contributed by atoms with Crippen molar-refractivity contribution < 1.29 is 13.6 Å². The summed E-state index contributed by atoms with van der Waals surface area (Å²) in [6.45, 7) is 5.90. The van der Waals surface area contributed by atoms with Crippen LogP contribution in [0.4, 0.5) is 0 Å². The minimum Gasteiger partial charge on any atom is -0.304 e. The summed E-state index contributed by atoms with van der Waals surface area (Å²) in [4.78, 5) is 0. The van der Waals surface area contributed by atoms with E-state index in [1.807, 2.05) is 37.3 Å². The van der Waals surface area contributed by atoms with Crippen LogP contribution in [0.3, 0.4) is 0 Å². The van der Waals surface area contributed by atoms with Crippen molar-refractivity contribution >= 4 is 41.3 Å². The van der Waals surface area contributed by atoms with Gasteiger partial charge in [0.15, 0.2) is 5.65 Å². The number of halogens is 1. The maximum absolute atomic E-state index is 13.4. The monoisotopic (exact) mass is 472 g/mol. The standard InChI is InChI=1S/C16H18IN4O3P/c1-4-23-25(22,24-5-2)16-14(12-9-7-6-8-10-12)21-15(18-19-16)13(17)11(3)20-21/h6-10H,4-5H2,1-3H3. The predicted molar refractivity (Wildman–Crippen MR) is 104 cm³/mol. The number of fused-ring (bicyclic) bond motifs is 1. The maximum Gasteiger partial charge on any atom is 0.383 e. The highest BCUT2D eigenvalue weighted by atomic mass is 127. The fourth-order valence-corrected chi connectivity index (χ4v) is 4.59. The first-order valence-electron chi connectivity index (χ1n) is 7.88. The van der Waals surface area contributed by atoms with Gasteiger partial charge in [-0.25, -0.2) is 4.52 Å². The van der Waals surface area contributed by atoms with Gasteiger partial charge in [0.2, 0.25) is 5.44 Å². The summed E-state index contributed by atoms with van der Waals surface area (Å²) in [5.41, 5.74) is 3.00. The van der Waals surface area contributed by atoms with Crippen LogP contribution in [0.1, 0.15) is 19.5 Å². The Balaban J connectivity index is 2.38. The van der Waals surface area contributed by atoms with Crippen LogP contribution in [0.25, 0.3) is 16.9 Å². The fraction of sp³-hybridized carbons (Fsp3) is 0.312. The third-order valence-electron chi connectivity index (χ3n) is 3.53. The molecular weight excluding hydrogens is 454 g/mol. The lowest BCUT2D eigenvalue weighted by atomic mass is 10.2. The third kappa shape index (κ3) is 3.36. The zero-order valence-electron chi connectivity index (χ0n) is 14.1. The fourth-order valence-electron chi connectivity index (χ4n) is 2.51. The van der Waals surface area contributed by atoms with Gasteiger partial charge in [0.1, 0.15) is 5.69 Å². The van der Waals surface area contributed by atoms with Crippen molar-refractivity contribution in [2.24, 2.45) is 0 Å². The third-order valence-corrected chi connectivity index (χ3v) is 6.81. The summed E-state index contributed by atoms with van der Waals surface area (Å²) in [6.07, 6.45) is 0. The van der Waals surface area contributed by atoms with Crippen molar-refractivity contribution in [2.75, 3.05) is 13.2 Å². The molecule has 0 aliphatic rings. The first-order valence-corrected chi connectivity index (χ1v) is 10.5. The highest BCUT2D eigenvalue weighted by Crippen LogP contribution is 2.48. The lowest BCUT2D eigenvalue weighted by molar-refractivity contribution is 0.229. The van der Waals surface area contributed by atoms with E-state index in [0.717, 1.165) is 14.8 Å². The summed E-state index contributed by atoms with van der Waals surface area (Å²) < 4.78 is 26.9. The Bertz CT molecular complexity index is 935. The van der Waals surface area contributed by atoms with Crippen molar-refractivity contribution in [3.05, 3.63) is 39.6 Å². The number of aryl methyl sites for hydroxylation is 1. The molecule has 2 heterocycles. The molecule has 0 N–H and O–H groups in total. The minimum atomic E-state index is -3.62. The second kappa shape index (κ2) is 7.49. The zero-order valence-corrected chi connectivity index (χ0v) is 17.2. The van der Waals surface area contributed by atoms with Gasteiger partial charge in [0.25, 0.3) is 0 Å². The van der Waals surface area contributed by atoms with Crippen LogP contribution < -0.4 is 5.44 Å². The molecule has 0 saturated carbocycles. The van der Waals surface area contributed by atoms with E-state index in [1.54, 1.807) is 18.4 Å². The molecule has 25 heavy (non-hydrogen) atoms. The van der Waals surface area contributed by atoms with E-state index < -0.39 is 7.60 Å². The van der Waals surface area contributed by atoms with Gasteiger partial charge in [0, 0.05) is 5.56 Å². The van der Waals surface area contributed by atoms with Crippen molar-refractivity contribution in [2.45, 2.75) is 20.8 Å². The smallest absolute Gasteiger partial charge is 0.304 e. The first-order chi connectivity index (χ1) is 12.0. The van der Waals surface area contributed by atoms with E-state index in [9.17, 15) is 4.57 Å². The zero-order chi connectivity index (χ0) is 18.0. The van der Waals surface area contributed by atoms with Crippen molar-refractivity contribution in [3.8, 4) is 11.3 Å². The largest absolute Gasteiger partial charge is 0.383 e. The number of benzene rings is 1. The maximum atomic E-state index is 13.4. The topological polar surface area (TPSA) is 78.6 Å². The highest BCUT2D eigenvalue weighted by Gasteiger charge is 2.35. The number of rotatable bonds is 6. The molecule has 0 fully saturated rings. The second-order valence-electron chi connectivity index (χ2n) is 5.21. The van der Waals surface area contributed by atoms with Crippen LogP contribution in [-0.2, 0) is 13.6 Å². The summed E-state index contributed by atoms with van der Waals surface area (Å²) in [7, 11) is -3.62. The van der Waals surface area contributed by atoms with E-state index in [2.05, 4.69) is 37.9 Å².